The third-order valence-corrected chi connectivity index (χ3v) is 5.47. The van der Waals surface area contributed by atoms with E-state index in [1.165, 1.54) is 5.56 Å². The summed E-state index contributed by atoms with van der Waals surface area (Å²) in [7, 11) is 0. The molecule has 0 radical (unpaired) electrons. The van der Waals surface area contributed by atoms with E-state index in [1.807, 2.05) is 44.2 Å². The quantitative estimate of drug-likeness (QED) is 0.520. The van der Waals surface area contributed by atoms with E-state index >= 15 is 0 Å². The van der Waals surface area contributed by atoms with Crippen LogP contribution in [0, 0.1) is 27.7 Å². The van der Waals surface area contributed by atoms with Crippen molar-refractivity contribution in [3.63, 3.8) is 0 Å². The minimum absolute atomic E-state index is 0.0779. The van der Waals surface area contributed by atoms with Gasteiger partial charge in [0.1, 0.15) is 11.6 Å². The second-order valence-electron chi connectivity index (χ2n) is 7.16. The Morgan fingerprint density at radius 1 is 1.07 bits per heavy atom. The molecule has 0 unspecified atom stereocenters. The summed E-state index contributed by atoms with van der Waals surface area (Å²) in [6, 6.07) is 13.7. The Labute approximate surface area is 173 Å². The maximum atomic E-state index is 12.4. The van der Waals surface area contributed by atoms with Crippen LogP contribution in [0.3, 0.4) is 0 Å². The van der Waals surface area contributed by atoms with Gasteiger partial charge in [-0.25, -0.2) is 4.98 Å². The predicted molar refractivity (Wildman–Crippen MR) is 116 cm³/mol. The van der Waals surface area contributed by atoms with E-state index in [0.29, 0.717) is 11.6 Å². The molecule has 2 aromatic heterocycles. The average Bonchev–Trinajstić information content (AvgIpc) is 3.24. The highest BCUT2D eigenvalue weighted by Gasteiger charge is 2.16. The number of aryl methyl sites for hydroxylation is 4. The van der Waals surface area contributed by atoms with E-state index in [0.717, 1.165) is 32.2 Å². The number of hydrogen-bond donors (Lipinski definition) is 1. The van der Waals surface area contributed by atoms with Crippen LogP contribution in [0.5, 0.6) is 5.75 Å². The van der Waals surface area contributed by atoms with Crippen LogP contribution in [0.15, 0.2) is 42.5 Å². The summed E-state index contributed by atoms with van der Waals surface area (Å²) in [5.74, 6) is 0.987. The molecule has 0 aliphatic carbocycles. The molecule has 0 bridgehead atoms. The number of carbonyl (C=O) groups is 1. The first-order valence-corrected chi connectivity index (χ1v) is 10.1. The second-order valence-corrected chi connectivity index (χ2v) is 8.17. The minimum Gasteiger partial charge on any atom is -0.484 e. The summed E-state index contributed by atoms with van der Waals surface area (Å²) in [6.45, 7) is 7.94. The van der Waals surface area contributed by atoms with Crippen molar-refractivity contribution in [3.05, 3.63) is 64.8 Å². The normalized spacial score (nSPS) is 11.0. The van der Waals surface area contributed by atoms with Gasteiger partial charge in [0.15, 0.2) is 6.61 Å². The lowest BCUT2D eigenvalue weighted by Gasteiger charge is -2.08. The molecule has 2 aromatic carbocycles. The van der Waals surface area contributed by atoms with Crippen LogP contribution in [-0.4, -0.2) is 27.3 Å². The van der Waals surface area contributed by atoms with Gasteiger partial charge in [-0.3, -0.25) is 4.79 Å². The fraction of sp³-hybridized carbons (Fsp3) is 0.227. The Balaban J connectivity index is 1.54. The first-order valence-electron chi connectivity index (χ1n) is 9.33. The molecular weight excluding hydrogens is 384 g/mol. The summed E-state index contributed by atoms with van der Waals surface area (Å²) in [4.78, 5) is 17.2. The lowest BCUT2D eigenvalue weighted by atomic mass is 10.1. The number of aromatic nitrogens is 3. The summed E-state index contributed by atoms with van der Waals surface area (Å²) < 4.78 is 8.35. The third-order valence-electron chi connectivity index (χ3n) is 4.49. The Kier molecular flexibility index (Phi) is 5.07. The number of nitrogens with one attached hydrogen (secondary N) is 1. The fourth-order valence-electron chi connectivity index (χ4n) is 3.15. The number of nitrogens with zero attached hydrogens (tertiary/aromatic N) is 3. The standard InChI is InChI=1S/C22H22N4O2S/c1-13-5-7-17(8-6-13)28-12-20(27)23-19-11-16(4)25-26(19)22-24-21-15(3)9-14(2)10-18(21)29-22/h5-11H,12H2,1-4H3,(H,23,27). The van der Waals surface area contributed by atoms with Gasteiger partial charge in [-0.05, 0) is 57.0 Å². The summed E-state index contributed by atoms with van der Waals surface area (Å²) >= 11 is 1.55. The number of anilines is 1. The first kappa shape index (κ1) is 19.1. The molecule has 148 valence electrons. The maximum Gasteiger partial charge on any atom is 0.263 e. The molecule has 0 aliphatic heterocycles. The van der Waals surface area contributed by atoms with E-state index in [1.54, 1.807) is 16.0 Å². The Morgan fingerprint density at radius 3 is 2.59 bits per heavy atom. The van der Waals surface area contributed by atoms with Gasteiger partial charge in [-0.1, -0.05) is 35.1 Å². The largest absolute Gasteiger partial charge is 0.484 e. The number of rotatable bonds is 5. The van der Waals surface area contributed by atoms with Gasteiger partial charge in [-0.2, -0.15) is 9.78 Å². The van der Waals surface area contributed by atoms with Gasteiger partial charge >= 0.3 is 0 Å². The molecule has 0 spiro atoms. The van der Waals surface area contributed by atoms with Crippen LogP contribution in [0.25, 0.3) is 15.3 Å². The molecule has 4 aromatic rings. The first-order chi connectivity index (χ1) is 13.9. The summed E-state index contributed by atoms with van der Waals surface area (Å²) in [6.07, 6.45) is 0. The molecule has 0 saturated heterocycles. The third kappa shape index (κ3) is 4.14. The van der Waals surface area contributed by atoms with Crippen LogP contribution < -0.4 is 10.1 Å². The molecule has 7 heteroatoms. The second kappa shape index (κ2) is 7.67. The van der Waals surface area contributed by atoms with Crippen molar-refractivity contribution in [2.45, 2.75) is 27.7 Å². The predicted octanol–water partition coefficient (Wildman–Crippen LogP) is 4.73. The molecule has 0 saturated carbocycles. The van der Waals surface area contributed by atoms with Gasteiger partial charge in [0.2, 0.25) is 5.13 Å². The smallest absolute Gasteiger partial charge is 0.263 e. The van der Waals surface area contributed by atoms with Crippen molar-refractivity contribution in [1.29, 1.82) is 0 Å². The Bertz CT molecular complexity index is 1190. The number of ether oxygens (including phenoxy) is 1. The van der Waals surface area contributed by atoms with Gasteiger partial charge in [0.05, 0.1) is 15.9 Å². The summed E-state index contributed by atoms with van der Waals surface area (Å²) in [5, 5.41) is 8.12. The highest BCUT2D eigenvalue weighted by Crippen LogP contribution is 2.30. The minimum atomic E-state index is -0.250. The van der Waals surface area contributed by atoms with Crippen molar-refractivity contribution in [2.75, 3.05) is 11.9 Å². The number of carbonyl (C=O) groups excluding carboxylic acids is 1. The average molecular weight is 407 g/mol. The topological polar surface area (TPSA) is 69.0 Å². The van der Waals surface area contributed by atoms with Gasteiger partial charge in [-0.15, -0.1) is 0 Å². The number of hydrogen-bond acceptors (Lipinski definition) is 5. The highest BCUT2D eigenvalue weighted by molar-refractivity contribution is 7.20. The van der Waals surface area contributed by atoms with Crippen molar-refractivity contribution in [3.8, 4) is 10.9 Å². The summed E-state index contributed by atoms with van der Waals surface area (Å²) in [5.41, 5.74) is 5.23. The van der Waals surface area contributed by atoms with Gasteiger partial charge < -0.3 is 10.1 Å². The molecule has 0 fully saturated rings. The molecule has 29 heavy (non-hydrogen) atoms. The number of fused-ring (bicyclic) bond motifs is 1. The van der Waals surface area contributed by atoms with Crippen LogP contribution in [0.4, 0.5) is 5.82 Å². The van der Waals surface area contributed by atoms with E-state index < -0.39 is 0 Å². The molecule has 4 rings (SSSR count). The molecular formula is C22H22N4O2S. The molecule has 0 atom stereocenters. The molecule has 2 heterocycles. The Morgan fingerprint density at radius 2 is 1.83 bits per heavy atom. The lowest BCUT2D eigenvalue weighted by Crippen LogP contribution is -2.21. The SMILES string of the molecule is Cc1ccc(OCC(=O)Nc2cc(C)nn2-c2nc3c(C)cc(C)cc3s2)cc1. The zero-order valence-electron chi connectivity index (χ0n) is 16.8. The zero-order chi connectivity index (χ0) is 20.5. The molecule has 1 amide bonds. The van der Waals surface area contributed by atoms with Gasteiger partial charge in [0, 0.05) is 6.07 Å². The van der Waals surface area contributed by atoms with Crippen LogP contribution in [0.1, 0.15) is 22.4 Å². The zero-order valence-corrected chi connectivity index (χ0v) is 17.6. The van der Waals surface area contributed by atoms with Crippen LogP contribution in [-0.2, 0) is 4.79 Å². The monoisotopic (exact) mass is 406 g/mol. The van der Waals surface area contributed by atoms with Crippen molar-refractivity contribution >= 4 is 33.3 Å². The van der Waals surface area contributed by atoms with E-state index in [2.05, 4.69) is 36.4 Å². The fourth-order valence-corrected chi connectivity index (χ4v) is 4.25. The van der Waals surface area contributed by atoms with Gasteiger partial charge in [0.25, 0.3) is 5.91 Å². The van der Waals surface area contributed by atoms with E-state index in [9.17, 15) is 4.79 Å². The number of thiazole rings is 1. The van der Waals surface area contributed by atoms with Crippen LogP contribution in [0.2, 0.25) is 0 Å². The number of amides is 1. The van der Waals surface area contributed by atoms with E-state index in [4.69, 9.17) is 9.72 Å². The van der Waals surface area contributed by atoms with Crippen molar-refractivity contribution in [2.24, 2.45) is 0 Å². The Hall–Kier alpha value is -3.19. The van der Waals surface area contributed by atoms with Crippen molar-refractivity contribution < 1.29 is 9.53 Å². The van der Waals surface area contributed by atoms with E-state index in [-0.39, 0.29) is 12.5 Å². The van der Waals surface area contributed by atoms with Crippen molar-refractivity contribution in [1.82, 2.24) is 14.8 Å². The maximum absolute atomic E-state index is 12.4. The molecule has 0 aliphatic rings. The number of benzene rings is 2. The van der Waals surface area contributed by atoms with Crippen LogP contribution >= 0.6 is 11.3 Å². The highest BCUT2D eigenvalue weighted by atomic mass is 32.1. The molecule has 1 N–H and O–H groups in total. The lowest BCUT2D eigenvalue weighted by molar-refractivity contribution is -0.118. The molecule has 6 nitrogen and oxygen atoms in total.